The summed E-state index contributed by atoms with van der Waals surface area (Å²) in [4.78, 5) is 4.23. The van der Waals surface area contributed by atoms with Crippen molar-refractivity contribution in [1.29, 1.82) is 0 Å². The molecule has 1 aromatic heterocycles. The second kappa shape index (κ2) is 4.67. The number of halogens is 1. The molecule has 0 amide bonds. The number of thiazole rings is 1. The second-order valence-corrected chi connectivity index (χ2v) is 5.57. The molecule has 2 nitrogen and oxygen atoms in total. The normalized spacial score (nSPS) is 18.8. The van der Waals surface area contributed by atoms with Crippen molar-refractivity contribution in [3.8, 4) is 0 Å². The number of aromatic nitrogens is 1. The van der Waals surface area contributed by atoms with Crippen LogP contribution in [0, 0.1) is 0 Å². The maximum absolute atomic E-state index is 5.82. The molecule has 0 bridgehead atoms. The molecule has 1 atom stereocenters. The van der Waals surface area contributed by atoms with Crippen LogP contribution in [-0.2, 0) is 12.8 Å². The number of hydrogen-bond donors (Lipinski definition) is 1. The number of benzene rings is 1. The van der Waals surface area contributed by atoms with Crippen LogP contribution in [0.4, 0.5) is 5.13 Å². The molecule has 0 spiro atoms. The Bertz CT molecular complexity index is 524. The molecule has 0 radical (unpaired) electrons. The molecule has 0 fully saturated rings. The van der Waals surface area contributed by atoms with E-state index in [0.717, 1.165) is 24.4 Å². The highest BCUT2D eigenvalue weighted by atomic mass is 35.5. The van der Waals surface area contributed by atoms with Gasteiger partial charge in [-0.05, 0) is 30.4 Å². The minimum atomic E-state index is 0.479. The monoisotopic (exact) mass is 264 g/mol. The third-order valence-electron chi connectivity index (χ3n) is 3.15. The summed E-state index contributed by atoms with van der Waals surface area (Å²) in [5.74, 6) is 0. The minimum Gasteiger partial charge on any atom is -0.358 e. The van der Waals surface area contributed by atoms with Crippen molar-refractivity contribution >= 4 is 28.1 Å². The number of fused-ring (bicyclic) bond motifs is 1. The first-order valence-corrected chi connectivity index (χ1v) is 7.01. The van der Waals surface area contributed by atoms with E-state index in [1.165, 1.54) is 11.1 Å². The number of nitrogens with zero attached hydrogens (tertiary/aromatic N) is 1. The van der Waals surface area contributed by atoms with E-state index in [-0.39, 0.29) is 0 Å². The highest BCUT2D eigenvalue weighted by Gasteiger charge is 2.18. The van der Waals surface area contributed by atoms with Gasteiger partial charge in [0.1, 0.15) is 5.15 Å². The molecule has 1 aliphatic carbocycles. The van der Waals surface area contributed by atoms with Crippen LogP contribution in [0.15, 0.2) is 29.6 Å². The Labute approximate surface area is 110 Å². The van der Waals surface area contributed by atoms with Gasteiger partial charge in [-0.2, -0.15) is 0 Å². The Balaban J connectivity index is 1.72. The van der Waals surface area contributed by atoms with Crippen molar-refractivity contribution < 1.29 is 0 Å². The number of anilines is 1. The van der Waals surface area contributed by atoms with E-state index < -0.39 is 0 Å². The third kappa shape index (κ3) is 2.45. The Morgan fingerprint density at radius 3 is 2.88 bits per heavy atom. The van der Waals surface area contributed by atoms with Gasteiger partial charge in [0.15, 0.2) is 5.13 Å². The molecule has 0 saturated carbocycles. The van der Waals surface area contributed by atoms with Gasteiger partial charge in [-0.1, -0.05) is 35.9 Å². The summed E-state index contributed by atoms with van der Waals surface area (Å²) < 4.78 is 0. The van der Waals surface area contributed by atoms with Crippen molar-refractivity contribution in [2.45, 2.75) is 25.3 Å². The molecule has 1 N–H and O–H groups in total. The average Bonchev–Trinajstić information content (AvgIpc) is 2.75. The van der Waals surface area contributed by atoms with Crippen LogP contribution in [-0.4, -0.2) is 11.0 Å². The van der Waals surface area contributed by atoms with Crippen molar-refractivity contribution in [2.24, 2.45) is 0 Å². The summed E-state index contributed by atoms with van der Waals surface area (Å²) in [6.07, 6.45) is 3.38. The summed E-state index contributed by atoms with van der Waals surface area (Å²) in [7, 11) is 0. The zero-order valence-electron chi connectivity index (χ0n) is 9.32. The maximum Gasteiger partial charge on any atom is 0.184 e. The van der Waals surface area contributed by atoms with Crippen LogP contribution in [0.2, 0.25) is 5.15 Å². The molecule has 88 valence electrons. The molecule has 1 aliphatic rings. The molecule has 0 saturated heterocycles. The van der Waals surface area contributed by atoms with Crippen LogP contribution in [0.1, 0.15) is 17.5 Å². The molecule has 3 rings (SSSR count). The predicted molar refractivity (Wildman–Crippen MR) is 73.0 cm³/mol. The maximum atomic E-state index is 5.82. The molecular weight excluding hydrogens is 252 g/mol. The van der Waals surface area contributed by atoms with E-state index in [1.807, 2.05) is 5.38 Å². The SMILES string of the molecule is Clc1csc(NC2CCc3ccccc3C2)n1. The molecule has 4 heteroatoms. The van der Waals surface area contributed by atoms with Crippen molar-refractivity contribution in [3.63, 3.8) is 0 Å². The van der Waals surface area contributed by atoms with Gasteiger partial charge in [-0.3, -0.25) is 0 Å². The quantitative estimate of drug-likeness (QED) is 0.893. The van der Waals surface area contributed by atoms with E-state index in [9.17, 15) is 0 Å². The second-order valence-electron chi connectivity index (χ2n) is 4.33. The van der Waals surface area contributed by atoms with Gasteiger partial charge < -0.3 is 5.32 Å². The summed E-state index contributed by atoms with van der Waals surface area (Å²) in [5, 5.41) is 6.83. The lowest BCUT2D eigenvalue weighted by molar-refractivity contribution is 0.610. The number of nitrogens with one attached hydrogen (secondary N) is 1. The predicted octanol–water partition coefficient (Wildman–Crippen LogP) is 3.77. The molecule has 2 aromatic rings. The van der Waals surface area contributed by atoms with Crippen LogP contribution < -0.4 is 5.32 Å². The third-order valence-corrected chi connectivity index (χ3v) is 4.25. The number of aryl methyl sites for hydroxylation is 1. The standard InChI is InChI=1S/C13H13ClN2S/c14-12-8-17-13(16-12)15-11-6-5-9-3-1-2-4-10(9)7-11/h1-4,8,11H,5-7H2,(H,15,16). The van der Waals surface area contributed by atoms with Crippen LogP contribution >= 0.6 is 22.9 Å². The van der Waals surface area contributed by atoms with E-state index in [2.05, 4.69) is 34.6 Å². The van der Waals surface area contributed by atoms with E-state index in [0.29, 0.717) is 11.2 Å². The molecular formula is C13H13ClN2S. The highest BCUT2D eigenvalue weighted by molar-refractivity contribution is 7.14. The highest BCUT2D eigenvalue weighted by Crippen LogP contribution is 2.25. The van der Waals surface area contributed by atoms with Gasteiger partial charge in [0, 0.05) is 11.4 Å². The van der Waals surface area contributed by atoms with Crippen molar-refractivity contribution in [3.05, 3.63) is 45.9 Å². The summed E-state index contributed by atoms with van der Waals surface area (Å²) in [6.45, 7) is 0. The van der Waals surface area contributed by atoms with E-state index in [4.69, 9.17) is 11.6 Å². The molecule has 0 aliphatic heterocycles. The van der Waals surface area contributed by atoms with Crippen molar-refractivity contribution in [2.75, 3.05) is 5.32 Å². The minimum absolute atomic E-state index is 0.479. The smallest absolute Gasteiger partial charge is 0.184 e. The van der Waals surface area contributed by atoms with Crippen LogP contribution in [0.25, 0.3) is 0 Å². The van der Waals surface area contributed by atoms with Gasteiger partial charge in [-0.15, -0.1) is 11.3 Å². The first-order valence-electron chi connectivity index (χ1n) is 5.75. The lowest BCUT2D eigenvalue weighted by Gasteiger charge is -2.25. The van der Waals surface area contributed by atoms with E-state index >= 15 is 0 Å². The van der Waals surface area contributed by atoms with E-state index in [1.54, 1.807) is 11.3 Å². The first kappa shape index (κ1) is 11.1. The zero-order chi connectivity index (χ0) is 11.7. The molecule has 1 heterocycles. The van der Waals surface area contributed by atoms with Gasteiger partial charge >= 0.3 is 0 Å². The summed E-state index contributed by atoms with van der Waals surface area (Å²) >= 11 is 7.39. The topological polar surface area (TPSA) is 24.9 Å². The zero-order valence-corrected chi connectivity index (χ0v) is 10.9. The first-order chi connectivity index (χ1) is 8.31. The van der Waals surface area contributed by atoms with Crippen molar-refractivity contribution in [1.82, 2.24) is 4.98 Å². The Kier molecular flexibility index (Phi) is 3.04. The van der Waals surface area contributed by atoms with Gasteiger partial charge in [0.25, 0.3) is 0 Å². The number of hydrogen-bond acceptors (Lipinski definition) is 3. The van der Waals surface area contributed by atoms with Crippen LogP contribution in [0.3, 0.4) is 0 Å². The average molecular weight is 265 g/mol. The Morgan fingerprint density at radius 1 is 1.29 bits per heavy atom. The molecule has 1 aromatic carbocycles. The fourth-order valence-electron chi connectivity index (χ4n) is 2.32. The fourth-order valence-corrected chi connectivity index (χ4v) is 3.23. The Hall–Kier alpha value is -1.06. The molecule has 17 heavy (non-hydrogen) atoms. The largest absolute Gasteiger partial charge is 0.358 e. The Morgan fingerprint density at radius 2 is 2.12 bits per heavy atom. The lowest BCUT2D eigenvalue weighted by atomic mass is 9.88. The van der Waals surface area contributed by atoms with Gasteiger partial charge in [0.05, 0.1) is 0 Å². The van der Waals surface area contributed by atoms with Gasteiger partial charge in [-0.25, -0.2) is 4.98 Å². The fraction of sp³-hybridized carbons (Fsp3) is 0.308. The summed E-state index contributed by atoms with van der Waals surface area (Å²) in [6, 6.07) is 9.16. The number of rotatable bonds is 2. The lowest BCUT2D eigenvalue weighted by Crippen LogP contribution is -2.27. The van der Waals surface area contributed by atoms with Gasteiger partial charge in [0.2, 0.25) is 0 Å². The molecule has 1 unspecified atom stereocenters. The van der Waals surface area contributed by atoms with Crippen LogP contribution in [0.5, 0.6) is 0 Å². The summed E-state index contributed by atoms with van der Waals surface area (Å²) in [5.41, 5.74) is 2.95.